The third-order valence-corrected chi connectivity index (χ3v) is 10.6. The molecule has 1 unspecified atom stereocenters. The van der Waals surface area contributed by atoms with Gasteiger partial charge >= 0.3 is 0 Å². The molecule has 5 saturated heterocycles. The summed E-state index contributed by atoms with van der Waals surface area (Å²) in [6.45, 7) is 0.896. The second kappa shape index (κ2) is 19.5. The maximum Gasteiger partial charge on any atom is 0.217 e. The minimum absolute atomic E-state index is 0.747. The van der Waals surface area contributed by atoms with Crippen LogP contribution in [0.25, 0.3) is 0 Å². The third-order valence-electron chi connectivity index (χ3n) is 10.6. The first-order valence-corrected chi connectivity index (χ1v) is 18.3. The van der Waals surface area contributed by atoms with Crippen LogP contribution in [0.1, 0.15) is 20.8 Å². The van der Waals surface area contributed by atoms with Gasteiger partial charge in [0.2, 0.25) is 5.91 Å². The molecule has 25 heteroatoms. The molecule has 0 aromatic rings. The van der Waals surface area contributed by atoms with Crippen molar-refractivity contribution in [2.24, 2.45) is 0 Å². The van der Waals surface area contributed by atoms with E-state index in [0.717, 1.165) is 6.92 Å². The SMILES string of the molecule is CC(=O)N[C@H]1[C@H](O[C@H]2[C@@H](O)[C@@H](CO)O[C@@H](O[C@@H]3[C@H](O[C@@H]4O[C@@H](C)[C@@H](O)[C@@H](O)[C@@H]4O)[C@@H](O)C(O)O[C@@H]3CO)[C@@H]2O[C@@H]2O[C@@H](C)[C@@H](O)[C@@H](O)[C@@H]2O)O[C@H](CO)[C@H](O)[C@@H]1O. The zero-order chi connectivity index (χ0) is 42.2. The first kappa shape index (κ1) is 46.6. The van der Waals surface area contributed by atoms with Crippen molar-refractivity contribution in [1.29, 1.82) is 0 Å². The molecule has 0 aromatic carbocycles. The normalized spacial score (nSPS) is 52.3. The molecule has 5 heterocycles. The zero-order valence-corrected chi connectivity index (χ0v) is 30.9. The number of hydrogen-bond acceptors (Lipinski definition) is 24. The van der Waals surface area contributed by atoms with Gasteiger partial charge < -0.3 is 119 Å². The van der Waals surface area contributed by atoms with Crippen LogP contribution in [0, 0.1) is 0 Å². The first-order chi connectivity index (χ1) is 26.8. The molecule has 0 bridgehead atoms. The van der Waals surface area contributed by atoms with Gasteiger partial charge in [0.15, 0.2) is 31.5 Å². The van der Waals surface area contributed by atoms with Gasteiger partial charge in [-0.15, -0.1) is 0 Å². The van der Waals surface area contributed by atoms with Gasteiger partial charge in [0.05, 0.1) is 32.0 Å². The van der Waals surface area contributed by atoms with E-state index in [1.54, 1.807) is 0 Å². The minimum atomic E-state index is -2.07. The third kappa shape index (κ3) is 9.71. The number of nitrogens with one attached hydrogen (secondary N) is 1. The van der Waals surface area contributed by atoms with Gasteiger partial charge in [0.1, 0.15) is 110 Å². The number of rotatable bonds is 12. The fourth-order valence-electron chi connectivity index (χ4n) is 7.28. The van der Waals surface area contributed by atoms with Gasteiger partial charge in [-0.05, 0) is 13.8 Å². The number of hydrogen-bond donors (Lipinski definition) is 15. The van der Waals surface area contributed by atoms with E-state index in [9.17, 15) is 76.3 Å². The zero-order valence-electron chi connectivity index (χ0n) is 30.9. The lowest BCUT2D eigenvalue weighted by molar-refractivity contribution is -0.408. The summed E-state index contributed by atoms with van der Waals surface area (Å²) in [5.74, 6) is -0.747. The highest BCUT2D eigenvalue weighted by molar-refractivity contribution is 5.73. The van der Waals surface area contributed by atoms with Crippen molar-refractivity contribution >= 4 is 5.91 Å². The summed E-state index contributed by atoms with van der Waals surface area (Å²) in [6, 6.07) is -1.60. The van der Waals surface area contributed by atoms with Crippen molar-refractivity contribution in [1.82, 2.24) is 5.32 Å². The first-order valence-electron chi connectivity index (χ1n) is 18.3. The predicted molar refractivity (Wildman–Crippen MR) is 175 cm³/mol. The molecule has 5 fully saturated rings. The van der Waals surface area contributed by atoms with Crippen molar-refractivity contribution in [3.63, 3.8) is 0 Å². The number of amides is 1. The molecule has 5 aliphatic heterocycles. The predicted octanol–water partition coefficient (Wildman–Crippen LogP) is -9.73. The van der Waals surface area contributed by atoms with Crippen molar-refractivity contribution in [2.45, 2.75) is 174 Å². The highest BCUT2D eigenvalue weighted by atomic mass is 16.8. The van der Waals surface area contributed by atoms with E-state index in [1.165, 1.54) is 13.8 Å². The van der Waals surface area contributed by atoms with Crippen LogP contribution in [0.2, 0.25) is 0 Å². The molecule has 0 aromatic heterocycles. The van der Waals surface area contributed by atoms with E-state index in [0.29, 0.717) is 0 Å². The molecule has 0 spiro atoms. The van der Waals surface area contributed by atoms with E-state index in [-0.39, 0.29) is 0 Å². The maximum atomic E-state index is 12.2. The summed E-state index contributed by atoms with van der Waals surface area (Å²) in [5, 5.41) is 151. The van der Waals surface area contributed by atoms with Gasteiger partial charge in [-0.1, -0.05) is 0 Å². The average Bonchev–Trinajstić information content (AvgIpc) is 3.18. The molecule has 25 atom stereocenters. The highest BCUT2D eigenvalue weighted by Gasteiger charge is 2.57. The second-order valence-corrected chi connectivity index (χ2v) is 14.7. The van der Waals surface area contributed by atoms with E-state index >= 15 is 0 Å². The van der Waals surface area contributed by atoms with Gasteiger partial charge in [-0.3, -0.25) is 4.79 Å². The smallest absolute Gasteiger partial charge is 0.217 e. The molecule has 1 amide bonds. The Labute approximate surface area is 324 Å². The second-order valence-electron chi connectivity index (χ2n) is 14.7. The Kier molecular flexibility index (Phi) is 16.0. The standard InChI is InChI=1S/C32H55NO24/c1-7-14(38)19(43)21(45)30(49-7)56-26-23(47)28(48)51-12(6-36)24(26)54-32-27(57-31-22(46)20(44)15(39)8(2)50-31)25(17(41)11(5-35)53-32)55-29-13(33-9(3)37)18(42)16(40)10(4-34)52-29/h7-8,10-32,34-36,38-48H,4-6H2,1-3H3,(H,33,37)/t7-,8-,10+,11+,12+,13+,14+,15+,16-,17-,18+,19+,20+,21-,22-,23+,24-,25-,26+,27+,28?,29-,30-,31-,32-/m0/s1. The molecule has 15 N–H and O–H groups in total. The molecule has 57 heavy (non-hydrogen) atoms. The number of carbonyl (C=O) groups is 1. The van der Waals surface area contributed by atoms with E-state index < -0.39 is 179 Å². The lowest BCUT2D eigenvalue weighted by atomic mass is 9.94. The van der Waals surface area contributed by atoms with E-state index in [1.807, 2.05) is 0 Å². The van der Waals surface area contributed by atoms with Crippen LogP contribution < -0.4 is 5.32 Å². The summed E-state index contributed by atoms with van der Waals surface area (Å²) in [5.41, 5.74) is 0. The monoisotopic (exact) mass is 837 g/mol. The van der Waals surface area contributed by atoms with Crippen molar-refractivity contribution < 1.29 is 119 Å². The Hall–Kier alpha value is -1.45. The molecule has 0 aliphatic carbocycles. The Morgan fingerprint density at radius 1 is 0.456 bits per heavy atom. The summed E-state index contributed by atoms with van der Waals surface area (Å²) in [7, 11) is 0. The quantitative estimate of drug-likeness (QED) is 0.0867. The van der Waals surface area contributed by atoms with Crippen LogP contribution in [0.4, 0.5) is 0 Å². The van der Waals surface area contributed by atoms with E-state index in [4.69, 9.17) is 42.6 Å². The summed E-state index contributed by atoms with van der Waals surface area (Å²) < 4.78 is 52.1. The molecule has 5 aliphatic rings. The Morgan fingerprint density at radius 3 is 1.40 bits per heavy atom. The minimum Gasteiger partial charge on any atom is -0.394 e. The molecule has 332 valence electrons. The molecular weight excluding hydrogens is 782 g/mol. The number of aliphatic hydroxyl groups excluding tert-OH is 14. The largest absolute Gasteiger partial charge is 0.394 e. The maximum absolute atomic E-state index is 12.2. The van der Waals surface area contributed by atoms with Crippen LogP contribution in [0.15, 0.2) is 0 Å². The molecular formula is C32H55NO24. The number of carbonyl (C=O) groups excluding carboxylic acids is 1. The summed E-state index contributed by atoms with van der Waals surface area (Å²) in [4.78, 5) is 12.2. The van der Waals surface area contributed by atoms with E-state index in [2.05, 4.69) is 5.32 Å². The fourth-order valence-corrected chi connectivity index (χ4v) is 7.28. The van der Waals surface area contributed by atoms with Crippen molar-refractivity contribution in [3.05, 3.63) is 0 Å². The van der Waals surface area contributed by atoms with Crippen LogP contribution in [0.3, 0.4) is 0 Å². The summed E-state index contributed by atoms with van der Waals surface area (Å²) >= 11 is 0. The van der Waals surface area contributed by atoms with Gasteiger partial charge in [0, 0.05) is 6.92 Å². The number of aliphatic hydroxyl groups is 14. The number of ether oxygens (including phenoxy) is 9. The lowest BCUT2D eigenvalue weighted by Crippen LogP contribution is -2.70. The topological polar surface area (TPSA) is 395 Å². The van der Waals surface area contributed by atoms with Crippen molar-refractivity contribution in [3.8, 4) is 0 Å². The molecule has 0 radical (unpaired) electrons. The molecule has 25 nitrogen and oxygen atoms in total. The summed E-state index contributed by atoms with van der Waals surface area (Å²) in [6.07, 6.45) is -42.9. The highest BCUT2D eigenvalue weighted by Crippen LogP contribution is 2.37. The van der Waals surface area contributed by atoms with Crippen LogP contribution >= 0.6 is 0 Å². The van der Waals surface area contributed by atoms with Gasteiger partial charge in [0.25, 0.3) is 0 Å². The Bertz CT molecular complexity index is 1290. The van der Waals surface area contributed by atoms with Crippen LogP contribution in [-0.2, 0) is 47.4 Å². The lowest BCUT2D eigenvalue weighted by Gasteiger charge is -2.51. The van der Waals surface area contributed by atoms with Gasteiger partial charge in [-0.25, -0.2) is 0 Å². The Balaban J connectivity index is 1.54. The molecule has 0 saturated carbocycles. The van der Waals surface area contributed by atoms with Gasteiger partial charge in [-0.2, -0.15) is 0 Å². The van der Waals surface area contributed by atoms with Crippen molar-refractivity contribution in [2.75, 3.05) is 19.8 Å². The fraction of sp³-hybridized carbons (Fsp3) is 0.969. The van der Waals surface area contributed by atoms with Crippen LogP contribution in [0.5, 0.6) is 0 Å². The Morgan fingerprint density at radius 2 is 0.895 bits per heavy atom. The average molecular weight is 838 g/mol. The van der Waals surface area contributed by atoms with Crippen LogP contribution in [-0.4, -0.2) is 251 Å². The molecule has 5 rings (SSSR count).